The van der Waals surface area contributed by atoms with E-state index >= 15 is 0 Å². The highest BCUT2D eigenvalue weighted by Gasteiger charge is 2.12. The number of carbonyl (C=O) groups excluding carboxylic acids is 1. The van der Waals surface area contributed by atoms with Gasteiger partial charge in [0.2, 0.25) is 5.75 Å². The van der Waals surface area contributed by atoms with Gasteiger partial charge in [-0.2, -0.15) is 5.10 Å². The number of benzene rings is 2. The Hall–Kier alpha value is -3.22. The molecule has 1 amide bonds. The van der Waals surface area contributed by atoms with Gasteiger partial charge in [0.1, 0.15) is 0 Å². The lowest BCUT2D eigenvalue weighted by molar-refractivity contribution is 0.0955. The number of nitrogens with zero attached hydrogens (tertiary/aromatic N) is 2. The van der Waals surface area contributed by atoms with Gasteiger partial charge in [-0.05, 0) is 36.4 Å². The topological polar surface area (TPSA) is 72.4 Å². The van der Waals surface area contributed by atoms with Gasteiger partial charge in [0.25, 0.3) is 5.91 Å². The highest BCUT2D eigenvalue weighted by atomic mass is 16.5. The maximum Gasteiger partial charge on any atom is 0.271 e. The molecule has 0 aliphatic rings. The second-order valence-corrected chi connectivity index (χ2v) is 5.60. The summed E-state index contributed by atoms with van der Waals surface area (Å²) in [7, 11) is 8.50. The molecule has 0 fully saturated rings. The van der Waals surface area contributed by atoms with Crippen LogP contribution in [0.3, 0.4) is 0 Å². The summed E-state index contributed by atoms with van der Waals surface area (Å²) in [6.07, 6.45) is 1.51. The molecule has 0 aromatic heterocycles. The fraction of sp³-hybridized carbons (Fsp3) is 0.263. The van der Waals surface area contributed by atoms with Crippen LogP contribution in [-0.2, 0) is 0 Å². The lowest BCUT2D eigenvalue weighted by Gasteiger charge is -2.12. The first-order valence-electron chi connectivity index (χ1n) is 7.91. The maximum absolute atomic E-state index is 12.2. The van der Waals surface area contributed by atoms with Crippen LogP contribution in [0.25, 0.3) is 0 Å². The van der Waals surface area contributed by atoms with Gasteiger partial charge in [-0.1, -0.05) is 0 Å². The molecular formula is C19H23N3O4. The molecular weight excluding hydrogens is 334 g/mol. The van der Waals surface area contributed by atoms with Crippen LogP contribution in [0.4, 0.5) is 5.69 Å². The first kappa shape index (κ1) is 19.1. The predicted molar refractivity (Wildman–Crippen MR) is 102 cm³/mol. The molecule has 0 aliphatic heterocycles. The van der Waals surface area contributed by atoms with E-state index in [0.29, 0.717) is 28.4 Å². The lowest BCUT2D eigenvalue weighted by Crippen LogP contribution is -2.18. The molecule has 0 bridgehead atoms. The van der Waals surface area contributed by atoms with E-state index in [1.54, 1.807) is 24.3 Å². The Labute approximate surface area is 153 Å². The molecule has 138 valence electrons. The third-order valence-corrected chi connectivity index (χ3v) is 3.71. The highest BCUT2D eigenvalue weighted by molar-refractivity contribution is 5.95. The van der Waals surface area contributed by atoms with Gasteiger partial charge in [-0.3, -0.25) is 4.79 Å². The van der Waals surface area contributed by atoms with Crippen molar-refractivity contribution >= 4 is 17.8 Å². The van der Waals surface area contributed by atoms with E-state index in [9.17, 15) is 4.79 Å². The molecule has 0 aliphatic carbocycles. The summed E-state index contributed by atoms with van der Waals surface area (Å²) >= 11 is 0. The van der Waals surface area contributed by atoms with Gasteiger partial charge in [0.15, 0.2) is 11.5 Å². The normalized spacial score (nSPS) is 10.5. The van der Waals surface area contributed by atoms with Gasteiger partial charge >= 0.3 is 0 Å². The summed E-state index contributed by atoms with van der Waals surface area (Å²) in [5, 5.41) is 3.99. The molecule has 2 rings (SSSR count). The van der Waals surface area contributed by atoms with Crippen LogP contribution in [0, 0.1) is 0 Å². The third kappa shape index (κ3) is 4.44. The van der Waals surface area contributed by atoms with E-state index in [4.69, 9.17) is 14.2 Å². The zero-order chi connectivity index (χ0) is 19.1. The van der Waals surface area contributed by atoms with Gasteiger partial charge in [0.05, 0.1) is 27.5 Å². The Morgan fingerprint density at radius 3 is 2.04 bits per heavy atom. The molecule has 2 aromatic rings. The average Bonchev–Trinajstić information content (AvgIpc) is 2.66. The Morgan fingerprint density at radius 1 is 1.00 bits per heavy atom. The average molecular weight is 357 g/mol. The second-order valence-electron chi connectivity index (χ2n) is 5.60. The smallest absolute Gasteiger partial charge is 0.271 e. The minimum absolute atomic E-state index is 0.293. The number of nitrogens with one attached hydrogen (secondary N) is 1. The number of hydrazone groups is 1. The summed E-state index contributed by atoms with van der Waals surface area (Å²) in [6.45, 7) is 0. The number of rotatable bonds is 7. The summed E-state index contributed by atoms with van der Waals surface area (Å²) in [5.74, 6) is 1.23. The maximum atomic E-state index is 12.2. The number of carbonyl (C=O) groups is 1. The summed E-state index contributed by atoms with van der Waals surface area (Å²) in [6, 6.07) is 10.7. The van der Waals surface area contributed by atoms with Crippen LogP contribution in [0.5, 0.6) is 17.2 Å². The van der Waals surface area contributed by atoms with E-state index in [1.807, 2.05) is 31.1 Å². The van der Waals surface area contributed by atoms with E-state index in [1.165, 1.54) is 27.5 Å². The summed E-state index contributed by atoms with van der Waals surface area (Å²) in [5.41, 5.74) is 4.74. The quantitative estimate of drug-likeness (QED) is 0.609. The van der Waals surface area contributed by atoms with Crippen molar-refractivity contribution in [2.45, 2.75) is 0 Å². The lowest BCUT2D eigenvalue weighted by atomic mass is 10.2. The molecule has 0 saturated carbocycles. The Morgan fingerprint density at radius 2 is 1.58 bits per heavy atom. The Bertz CT molecular complexity index is 761. The van der Waals surface area contributed by atoms with Crippen LogP contribution in [0.15, 0.2) is 41.5 Å². The van der Waals surface area contributed by atoms with Gasteiger partial charge in [-0.15, -0.1) is 0 Å². The number of hydrogen-bond acceptors (Lipinski definition) is 6. The van der Waals surface area contributed by atoms with Crippen LogP contribution in [-0.4, -0.2) is 47.5 Å². The number of methoxy groups -OCH3 is 3. The number of ether oxygens (including phenoxy) is 3. The van der Waals surface area contributed by atoms with Gasteiger partial charge < -0.3 is 19.1 Å². The Kier molecular flexibility index (Phi) is 6.43. The fourth-order valence-corrected chi connectivity index (χ4v) is 2.32. The molecule has 0 unspecified atom stereocenters. The van der Waals surface area contributed by atoms with E-state index in [2.05, 4.69) is 10.5 Å². The van der Waals surface area contributed by atoms with Crippen LogP contribution in [0.1, 0.15) is 15.9 Å². The van der Waals surface area contributed by atoms with Crippen molar-refractivity contribution in [2.24, 2.45) is 5.10 Å². The van der Waals surface area contributed by atoms with E-state index in [-0.39, 0.29) is 5.91 Å². The molecule has 0 radical (unpaired) electrons. The third-order valence-electron chi connectivity index (χ3n) is 3.71. The Balaban J connectivity index is 2.11. The predicted octanol–water partition coefficient (Wildman–Crippen LogP) is 2.54. The van der Waals surface area contributed by atoms with Crippen molar-refractivity contribution in [1.82, 2.24) is 5.43 Å². The largest absolute Gasteiger partial charge is 0.493 e. The van der Waals surface area contributed by atoms with Crippen LogP contribution >= 0.6 is 0 Å². The van der Waals surface area contributed by atoms with Crippen molar-refractivity contribution < 1.29 is 19.0 Å². The molecule has 0 heterocycles. The highest BCUT2D eigenvalue weighted by Crippen LogP contribution is 2.37. The minimum Gasteiger partial charge on any atom is -0.493 e. The first-order chi connectivity index (χ1) is 12.5. The van der Waals surface area contributed by atoms with E-state index in [0.717, 1.165) is 5.69 Å². The van der Waals surface area contributed by atoms with Crippen LogP contribution in [0.2, 0.25) is 0 Å². The number of amides is 1. The van der Waals surface area contributed by atoms with Crippen molar-refractivity contribution in [3.63, 3.8) is 0 Å². The van der Waals surface area contributed by atoms with Crippen molar-refractivity contribution in [3.8, 4) is 17.2 Å². The molecule has 0 saturated heterocycles. The molecule has 26 heavy (non-hydrogen) atoms. The minimum atomic E-state index is -0.293. The fourth-order valence-electron chi connectivity index (χ4n) is 2.32. The monoisotopic (exact) mass is 357 g/mol. The summed E-state index contributed by atoms with van der Waals surface area (Å²) < 4.78 is 15.8. The van der Waals surface area contributed by atoms with Crippen LogP contribution < -0.4 is 24.5 Å². The first-order valence-corrected chi connectivity index (χ1v) is 7.91. The standard InChI is InChI=1S/C19H23N3O4/c1-22(2)15-8-6-14(7-9-15)19(23)21-20-12-13-10-16(24-3)18(26-5)17(11-13)25-4/h6-12H,1-5H3,(H,21,23)/b20-12-. The molecule has 7 heteroatoms. The van der Waals surface area contributed by atoms with E-state index < -0.39 is 0 Å². The zero-order valence-corrected chi connectivity index (χ0v) is 15.6. The van der Waals surface area contributed by atoms with Gasteiger partial charge in [0, 0.05) is 30.9 Å². The van der Waals surface area contributed by atoms with Crippen molar-refractivity contribution in [1.29, 1.82) is 0 Å². The summed E-state index contributed by atoms with van der Waals surface area (Å²) in [4.78, 5) is 14.1. The molecule has 7 nitrogen and oxygen atoms in total. The molecule has 1 N–H and O–H groups in total. The molecule has 0 atom stereocenters. The SMILES string of the molecule is COc1cc(/C=N\NC(=O)c2ccc(N(C)C)cc2)cc(OC)c1OC. The zero-order valence-electron chi connectivity index (χ0n) is 15.6. The molecule has 0 spiro atoms. The number of anilines is 1. The second kappa shape index (κ2) is 8.75. The van der Waals surface area contributed by atoms with Crippen molar-refractivity contribution in [3.05, 3.63) is 47.5 Å². The van der Waals surface area contributed by atoms with Crippen molar-refractivity contribution in [2.75, 3.05) is 40.3 Å². The molecule has 2 aromatic carbocycles. The van der Waals surface area contributed by atoms with Gasteiger partial charge in [-0.25, -0.2) is 5.43 Å². The number of hydrogen-bond donors (Lipinski definition) is 1.